The quantitative estimate of drug-likeness (QED) is 0.560. The Morgan fingerprint density at radius 3 is 2.20 bits per heavy atom. The highest BCUT2D eigenvalue weighted by molar-refractivity contribution is 7.92. The van der Waals surface area contributed by atoms with E-state index in [4.69, 9.17) is 11.6 Å². The molecule has 156 valence electrons. The van der Waals surface area contributed by atoms with Gasteiger partial charge in [-0.15, -0.1) is 0 Å². The molecule has 0 saturated heterocycles. The first-order valence-electron chi connectivity index (χ1n) is 8.85. The van der Waals surface area contributed by atoms with E-state index in [0.29, 0.717) is 29.6 Å². The summed E-state index contributed by atoms with van der Waals surface area (Å²) in [5.74, 6) is -2.71. The van der Waals surface area contributed by atoms with Crippen molar-refractivity contribution in [1.29, 1.82) is 0 Å². The van der Waals surface area contributed by atoms with Crippen molar-refractivity contribution in [3.05, 3.63) is 94.5 Å². The topological polar surface area (TPSA) is 75.3 Å². The monoisotopic (exact) mass is 450 g/mol. The first-order valence-corrected chi connectivity index (χ1v) is 10.7. The molecule has 0 aromatic heterocycles. The number of nitrogens with one attached hydrogen (secondary N) is 2. The van der Waals surface area contributed by atoms with E-state index in [9.17, 15) is 22.0 Å². The van der Waals surface area contributed by atoms with Crippen LogP contribution in [0.15, 0.2) is 71.6 Å². The molecule has 5 nitrogen and oxygen atoms in total. The van der Waals surface area contributed by atoms with Crippen molar-refractivity contribution in [1.82, 2.24) is 5.32 Å². The molecule has 1 amide bonds. The third-order valence-corrected chi connectivity index (χ3v) is 5.84. The summed E-state index contributed by atoms with van der Waals surface area (Å²) in [7, 11) is -4.10. The van der Waals surface area contributed by atoms with Crippen LogP contribution in [0.2, 0.25) is 5.02 Å². The number of hydrogen-bond acceptors (Lipinski definition) is 3. The molecule has 0 aliphatic rings. The average molecular weight is 451 g/mol. The number of anilines is 1. The minimum atomic E-state index is -4.10. The Kier molecular flexibility index (Phi) is 6.69. The van der Waals surface area contributed by atoms with E-state index in [2.05, 4.69) is 10.0 Å². The Bertz CT molecular complexity index is 1150. The average Bonchev–Trinajstić information content (AvgIpc) is 2.71. The second-order valence-corrected chi connectivity index (χ2v) is 8.51. The van der Waals surface area contributed by atoms with Gasteiger partial charge in [-0.25, -0.2) is 17.2 Å². The second kappa shape index (κ2) is 9.23. The van der Waals surface area contributed by atoms with Crippen molar-refractivity contribution in [2.75, 3.05) is 11.3 Å². The van der Waals surface area contributed by atoms with Gasteiger partial charge < -0.3 is 5.32 Å². The van der Waals surface area contributed by atoms with Crippen LogP contribution in [0.3, 0.4) is 0 Å². The van der Waals surface area contributed by atoms with Gasteiger partial charge in [0.15, 0.2) is 11.6 Å². The van der Waals surface area contributed by atoms with Gasteiger partial charge in [-0.1, -0.05) is 23.7 Å². The van der Waals surface area contributed by atoms with E-state index < -0.39 is 26.6 Å². The summed E-state index contributed by atoms with van der Waals surface area (Å²) in [4.78, 5) is 11.8. The maximum Gasteiger partial charge on any atom is 0.261 e. The van der Waals surface area contributed by atoms with Crippen molar-refractivity contribution in [3.63, 3.8) is 0 Å². The molecule has 0 radical (unpaired) electrons. The van der Waals surface area contributed by atoms with Crippen molar-refractivity contribution in [3.8, 4) is 0 Å². The third kappa shape index (κ3) is 5.55. The lowest BCUT2D eigenvalue weighted by Crippen LogP contribution is -2.25. The zero-order valence-corrected chi connectivity index (χ0v) is 17.1. The second-order valence-electron chi connectivity index (χ2n) is 6.39. The van der Waals surface area contributed by atoms with E-state index >= 15 is 0 Å². The molecule has 9 heteroatoms. The Labute approximate surface area is 177 Å². The van der Waals surface area contributed by atoms with Gasteiger partial charge in [0, 0.05) is 22.8 Å². The van der Waals surface area contributed by atoms with Crippen LogP contribution in [0, 0.1) is 11.6 Å². The standard InChI is InChI=1S/C21H17ClF2N2O3S/c22-16-5-1-14(2-6-16)11-12-25-21(27)15-3-7-17(8-4-15)26-30(28,29)18-9-10-19(23)20(24)13-18/h1-10,13,26H,11-12H2,(H,25,27). The number of halogens is 3. The summed E-state index contributed by atoms with van der Waals surface area (Å²) in [5.41, 5.74) is 1.56. The van der Waals surface area contributed by atoms with Crippen LogP contribution in [-0.2, 0) is 16.4 Å². The molecule has 0 fully saturated rings. The van der Waals surface area contributed by atoms with Crippen LogP contribution in [0.25, 0.3) is 0 Å². The van der Waals surface area contributed by atoms with Crippen LogP contribution in [0.1, 0.15) is 15.9 Å². The summed E-state index contributed by atoms with van der Waals surface area (Å²) < 4.78 is 53.1. The molecule has 0 heterocycles. The summed E-state index contributed by atoms with van der Waals surface area (Å²) in [6.07, 6.45) is 0.634. The highest BCUT2D eigenvalue weighted by Gasteiger charge is 2.17. The van der Waals surface area contributed by atoms with Gasteiger partial charge in [0.25, 0.3) is 15.9 Å². The van der Waals surface area contributed by atoms with Crippen molar-refractivity contribution in [2.24, 2.45) is 0 Å². The molecule has 0 aliphatic carbocycles. The minimum absolute atomic E-state index is 0.178. The SMILES string of the molecule is O=C(NCCc1ccc(Cl)cc1)c1ccc(NS(=O)(=O)c2ccc(F)c(F)c2)cc1. The lowest BCUT2D eigenvalue weighted by Gasteiger charge is -2.10. The van der Waals surface area contributed by atoms with Gasteiger partial charge in [0.1, 0.15) is 0 Å². The summed E-state index contributed by atoms with van der Waals surface area (Å²) >= 11 is 5.83. The van der Waals surface area contributed by atoms with Gasteiger partial charge >= 0.3 is 0 Å². The van der Waals surface area contributed by atoms with E-state index in [1.807, 2.05) is 12.1 Å². The van der Waals surface area contributed by atoms with E-state index in [1.54, 1.807) is 12.1 Å². The lowest BCUT2D eigenvalue weighted by atomic mass is 10.1. The fourth-order valence-electron chi connectivity index (χ4n) is 2.62. The number of carbonyl (C=O) groups is 1. The Balaban J connectivity index is 1.59. The maximum absolute atomic E-state index is 13.3. The molecule has 0 saturated carbocycles. The smallest absolute Gasteiger partial charge is 0.261 e. The van der Waals surface area contributed by atoms with Crippen molar-refractivity contribution in [2.45, 2.75) is 11.3 Å². The molecule has 30 heavy (non-hydrogen) atoms. The normalized spacial score (nSPS) is 11.2. The van der Waals surface area contributed by atoms with Gasteiger partial charge in [-0.3, -0.25) is 9.52 Å². The van der Waals surface area contributed by atoms with Gasteiger partial charge in [0.2, 0.25) is 0 Å². The molecular formula is C21H17ClF2N2O3S. The van der Waals surface area contributed by atoms with E-state index in [0.717, 1.165) is 17.7 Å². The number of rotatable bonds is 7. The Morgan fingerprint density at radius 1 is 0.900 bits per heavy atom. The van der Waals surface area contributed by atoms with Crippen molar-refractivity contribution < 1.29 is 22.0 Å². The number of amides is 1. The zero-order chi connectivity index (χ0) is 21.7. The van der Waals surface area contributed by atoms with Crippen LogP contribution >= 0.6 is 11.6 Å². The predicted molar refractivity (Wildman–Crippen MR) is 111 cm³/mol. The molecule has 3 aromatic carbocycles. The highest BCUT2D eigenvalue weighted by atomic mass is 35.5. The molecule has 3 rings (SSSR count). The number of hydrogen-bond donors (Lipinski definition) is 2. The predicted octanol–water partition coefficient (Wildman–Crippen LogP) is 4.39. The fraction of sp³-hybridized carbons (Fsp3) is 0.0952. The molecule has 0 aliphatic heterocycles. The summed E-state index contributed by atoms with van der Waals surface area (Å²) in [5, 5.41) is 3.42. The van der Waals surface area contributed by atoms with Gasteiger partial charge in [0.05, 0.1) is 4.90 Å². The van der Waals surface area contributed by atoms with E-state index in [-0.39, 0.29) is 11.6 Å². The van der Waals surface area contributed by atoms with Crippen molar-refractivity contribution >= 4 is 33.2 Å². The van der Waals surface area contributed by atoms with Crippen LogP contribution in [-0.4, -0.2) is 20.9 Å². The van der Waals surface area contributed by atoms with Gasteiger partial charge in [-0.05, 0) is 66.6 Å². The zero-order valence-electron chi connectivity index (χ0n) is 15.5. The lowest BCUT2D eigenvalue weighted by molar-refractivity contribution is 0.0954. The molecule has 2 N–H and O–H groups in total. The molecule has 0 spiro atoms. The molecule has 0 unspecified atom stereocenters. The first kappa shape index (κ1) is 21.7. The Morgan fingerprint density at radius 2 is 1.57 bits per heavy atom. The van der Waals surface area contributed by atoms with Crippen LogP contribution in [0.4, 0.5) is 14.5 Å². The third-order valence-electron chi connectivity index (χ3n) is 4.21. The van der Waals surface area contributed by atoms with Gasteiger partial charge in [-0.2, -0.15) is 0 Å². The van der Waals surface area contributed by atoms with Crippen LogP contribution in [0.5, 0.6) is 0 Å². The molecular weight excluding hydrogens is 434 g/mol. The number of sulfonamides is 1. The highest BCUT2D eigenvalue weighted by Crippen LogP contribution is 2.19. The summed E-state index contributed by atoms with van der Waals surface area (Å²) in [6, 6.07) is 15.3. The van der Waals surface area contributed by atoms with E-state index in [1.165, 1.54) is 24.3 Å². The minimum Gasteiger partial charge on any atom is -0.352 e. The largest absolute Gasteiger partial charge is 0.352 e. The fourth-order valence-corrected chi connectivity index (χ4v) is 3.82. The van der Waals surface area contributed by atoms with Crippen LogP contribution < -0.4 is 10.0 Å². The Hall–Kier alpha value is -2.97. The number of carbonyl (C=O) groups excluding carboxylic acids is 1. The molecule has 3 aromatic rings. The molecule has 0 atom stereocenters. The first-order chi connectivity index (χ1) is 14.2. The molecule has 0 bridgehead atoms. The maximum atomic E-state index is 13.3. The summed E-state index contributed by atoms with van der Waals surface area (Å²) in [6.45, 7) is 0.422. The number of benzene rings is 3.